The molecular formula is C4H12NO4P. The van der Waals surface area contributed by atoms with Crippen molar-refractivity contribution < 1.29 is 18.7 Å². The molecule has 0 aromatic carbocycles. The van der Waals surface area contributed by atoms with Crippen molar-refractivity contribution in [3.63, 3.8) is 0 Å². The van der Waals surface area contributed by atoms with Crippen LogP contribution >= 0.6 is 8.25 Å². The minimum absolute atomic E-state index is 0.315. The van der Waals surface area contributed by atoms with Crippen LogP contribution in [0.15, 0.2) is 0 Å². The summed E-state index contributed by atoms with van der Waals surface area (Å²) < 4.78 is 19.6. The third-order valence-corrected chi connectivity index (χ3v) is 1.71. The lowest BCUT2D eigenvalue weighted by Crippen LogP contribution is -2.25. The summed E-state index contributed by atoms with van der Waals surface area (Å²) in [5.41, 5.74) is 5.08. The van der Waals surface area contributed by atoms with Crippen LogP contribution in [0, 0.1) is 0 Å². The number of aliphatic hydroxyl groups excluding tert-OH is 1. The molecule has 0 saturated heterocycles. The van der Waals surface area contributed by atoms with Gasteiger partial charge in [-0.05, 0) is 6.92 Å². The molecule has 2 unspecified atom stereocenters. The average molecular weight is 169 g/mol. The van der Waals surface area contributed by atoms with E-state index in [0.717, 1.165) is 0 Å². The summed E-state index contributed by atoms with van der Waals surface area (Å²) >= 11 is 0. The van der Waals surface area contributed by atoms with Crippen LogP contribution in [0.25, 0.3) is 0 Å². The summed E-state index contributed by atoms with van der Waals surface area (Å²) in [4.78, 5) is 0. The van der Waals surface area contributed by atoms with E-state index in [1.807, 2.05) is 0 Å². The molecule has 0 fully saturated rings. The second-order valence-electron chi connectivity index (χ2n) is 1.52. The van der Waals surface area contributed by atoms with Crippen LogP contribution < -0.4 is 5.73 Å². The Hall–Kier alpha value is 0.0700. The van der Waals surface area contributed by atoms with E-state index in [2.05, 4.69) is 9.05 Å². The highest BCUT2D eigenvalue weighted by Crippen LogP contribution is 2.23. The van der Waals surface area contributed by atoms with E-state index >= 15 is 0 Å². The second-order valence-corrected chi connectivity index (χ2v) is 2.55. The van der Waals surface area contributed by atoms with Gasteiger partial charge < -0.3 is 15.4 Å². The Bertz CT molecular complexity index is 109. The lowest BCUT2D eigenvalue weighted by Gasteiger charge is -2.07. The monoisotopic (exact) mass is 169 g/mol. The molecule has 0 aliphatic rings. The Labute approximate surface area is 60.1 Å². The minimum atomic E-state index is -2.49. The molecular weight excluding hydrogens is 157 g/mol. The predicted molar refractivity (Wildman–Crippen MR) is 36.8 cm³/mol. The lowest BCUT2D eigenvalue weighted by molar-refractivity contribution is 0.107. The van der Waals surface area contributed by atoms with Gasteiger partial charge in [0.1, 0.15) is 6.23 Å². The van der Waals surface area contributed by atoms with Gasteiger partial charge in [-0.15, -0.1) is 0 Å². The highest BCUT2D eigenvalue weighted by atomic mass is 31.1. The van der Waals surface area contributed by atoms with E-state index in [1.54, 1.807) is 6.92 Å². The largest absolute Gasteiger partial charge is 0.392 e. The third-order valence-electron chi connectivity index (χ3n) is 0.690. The fraction of sp³-hybridized carbons (Fsp3) is 1.00. The molecule has 3 N–H and O–H groups in total. The van der Waals surface area contributed by atoms with Gasteiger partial charge in [0.05, 0.1) is 13.2 Å². The third kappa shape index (κ3) is 4.90. The second kappa shape index (κ2) is 5.82. The molecule has 0 aromatic rings. The Morgan fingerprint density at radius 1 is 1.80 bits per heavy atom. The topological polar surface area (TPSA) is 81.8 Å². The van der Waals surface area contributed by atoms with Crippen molar-refractivity contribution in [2.45, 2.75) is 13.2 Å². The van der Waals surface area contributed by atoms with E-state index in [-0.39, 0.29) is 6.61 Å². The van der Waals surface area contributed by atoms with E-state index in [9.17, 15) is 4.57 Å². The normalized spacial score (nSPS) is 16.7. The maximum Gasteiger partial charge on any atom is 0.320 e. The smallest absolute Gasteiger partial charge is 0.320 e. The van der Waals surface area contributed by atoms with Gasteiger partial charge in [0.15, 0.2) is 0 Å². The minimum Gasteiger partial charge on any atom is -0.392 e. The number of rotatable bonds is 5. The summed E-state index contributed by atoms with van der Waals surface area (Å²) in [6.07, 6.45) is -0.905. The molecule has 0 aliphatic heterocycles. The van der Waals surface area contributed by atoms with Gasteiger partial charge in [-0.3, -0.25) is 9.09 Å². The molecule has 0 spiro atoms. The first-order valence-corrected chi connectivity index (χ1v) is 4.13. The summed E-state index contributed by atoms with van der Waals surface area (Å²) in [6.45, 7) is 1.65. The van der Waals surface area contributed by atoms with E-state index in [4.69, 9.17) is 10.8 Å². The number of hydrogen-bond acceptors (Lipinski definition) is 5. The van der Waals surface area contributed by atoms with Gasteiger partial charge >= 0.3 is 8.25 Å². The van der Waals surface area contributed by atoms with Crippen LogP contribution in [0.4, 0.5) is 0 Å². The Morgan fingerprint density at radius 2 is 2.40 bits per heavy atom. The van der Waals surface area contributed by atoms with E-state index in [0.29, 0.717) is 6.61 Å². The quantitative estimate of drug-likeness (QED) is 0.436. The molecule has 0 bridgehead atoms. The number of hydrogen-bond donors (Lipinski definition) is 2. The lowest BCUT2D eigenvalue weighted by atomic mass is 10.7. The standard InChI is InChI=1S/C4H12NO4P/c1-2-8-10(7)9-4(5)3-6/h4,6,10H,2-3,5H2,1H3. The molecule has 62 valence electrons. The molecule has 6 heteroatoms. The zero-order valence-electron chi connectivity index (χ0n) is 5.74. The highest BCUT2D eigenvalue weighted by molar-refractivity contribution is 7.33. The van der Waals surface area contributed by atoms with E-state index < -0.39 is 14.5 Å². The number of nitrogens with two attached hydrogens (primary N) is 1. The molecule has 0 heterocycles. The van der Waals surface area contributed by atoms with Gasteiger partial charge in [0, 0.05) is 0 Å². The fourth-order valence-electron chi connectivity index (χ4n) is 0.313. The molecule has 0 radical (unpaired) electrons. The summed E-state index contributed by atoms with van der Waals surface area (Å²) in [6, 6.07) is 0. The zero-order valence-corrected chi connectivity index (χ0v) is 6.74. The predicted octanol–water partition coefficient (Wildman–Crippen LogP) is -0.294. The molecule has 2 atom stereocenters. The van der Waals surface area contributed by atoms with E-state index in [1.165, 1.54) is 0 Å². The molecule has 0 rings (SSSR count). The summed E-state index contributed by atoms with van der Waals surface area (Å²) in [5.74, 6) is 0. The highest BCUT2D eigenvalue weighted by Gasteiger charge is 2.04. The number of aliphatic hydroxyl groups is 1. The van der Waals surface area contributed by atoms with Crippen LogP contribution in [-0.2, 0) is 13.6 Å². The summed E-state index contributed by atoms with van der Waals surface area (Å²) in [7, 11) is -2.49. The molecule has 0 saturated carbocycles. The molecule has 10 heavy (non-hydrogen) atoms. The SMILES string of the molecule is CCO[PH](=O)OC(N)CO. The first-order valence-electron chi connectivity index (χ1n) is 2.90. The van der Waals surface area contributed by atoms with Gasteiger partial charge in [0.25, 0.3) is 0 Å². The van der Waals surface area contributed by atoms with Crippen LogP contribution in [0.2, 0.25) is 0 Å². The maximum atomic E-state index is 10.6. The molecule has 0 aromatic heterocycles. The first-order chi connectivity index (χ1) is 4.70. The van der Waals surface area contributed by atoms with Crippen molar-refractivity contribution in [1.82, 2.24) is 0 Å². The van der Waals surface area contributed by atoms with Crippen molar-refractivity contribution in [1.29, 1.82) is 0 Å². The molecule has 0 aliphatic carbocycles. The Morgan fingerprint density at radius 3 is 2.80 bits per heavy atom. The van der Waals surface area contributed by atoms with Gasteiger partial charge in [-0.2, -0.15) is 0 Å². The van der Waals surface area contributed by atoms with Gasteiger partial charge in [0.2, 0.25) is 0 Å². The van der Waals surface area contributed by atoms with Crippen LogP contribution in [0.5, 0.6) is 0 Å². The maximum absolute atomic E-state index is 10.6. The molecule has 5 nitrogen and oxygen atoms in total. The zero-order chi connectivity index (χ0) is 7.98. The molecule has 0 amide bonds. The van der Waals surface area contributed by atoms with Crippen molar-refractivity contribution in [2.24, 2.45) is 5.73 Å². The van der Waals surface area contributed by atoms with Crippen molar-refractivity contribution in [3.8, 4) is 0 Å². The van der Waals surface area contributed by atoms with Crippen molar-refractivity contribution >= 4 is 8.25 Å². The van der Waals surface area contributed by atoms with Gasteiger partial charge in [-0.25, -0.2) is 0 Å². The van der Waals surface area contributed by atoms with Crippen molar-refractivity contribution in [3.05, 3.63) is 0 Å². The first kappa shape index (κ1) is 10.1. The summed E-state index contributed by atoms with van der Waals surface area (Å²) in [5, 5.41) is 8.32. The average Bonchev–Trinajstić information content (AvgIpc) is 1.88. The van der Waals surface area contributed by atoms with Crippen LogP contribution in [0.3, 0.4) is 0 Å². The Balaban J connectivity index is 3.37. The van der Waals surface area contributed by atoms with Crippen LogP contribution in [0.1, 0.15) is 6.92 Å². The van der Waals surface area contributed by atoms with Crippen LogP contribution in [-0.4, -0.2) is 24.5 Å². The fourth-order valence-corrected chi connectivity index (χ4v) is 0.938. The van der Waals surface area contributed by atoms with Crippen molar-refractivity contribution in [2.75, 3.05) is 13.2 Å². The Kier molecular flexibility index (Phi) is 5.87. The van der Waals surface area contributed by atoms with Gasteiger partial charge in [-0.1, -0.05) is 0 Å².